The van der Waals surface area contributed by atoms with Gasteiger partial charge in [-0.05, 0) is 50.2 Å². The van der Waals surface area contributed by atoms with E-state index in [9.17, 15) is 4.57 Å². The summed E-state index contributed by atoms with van der Waals surface area (Å²) < 4.78 is 16.5. The maximum Gasteiger partial charge on any atom is 0.207 e. The normalized spacial score (nSPS) is 14.9. The zero-order chi connectivity index (χ0) is 17.9. The fourth-order valence-electron chi connectivity index (χ4n) is 3.22. The highest BCUT2D eigenvalue weighted by molar-refractivity contribution is 7.76. The standard InChI is InChI=1S/C22H24NOP/c1-18-12-10-11-17-22(18)25(24,21-15-8-5-9-16-21)23(3)19(2)20-13-6-4-7-14-20/h4-17,19H,1-3H3/t19-,25?/m1/s1. The van der Waals surface area contributed by atoms with Gasteiger partial charge >= 0.3 is 0 Å². The van der Waals surface area contributed by atoms with Gasteiger partial charge in [0.2, 0.25) is 7.29 Å². The van der Waals surface area contributed by atoms with Crippen LogP contribution in [-0.4, -0.2) is 11.7 Å². The Morgan fingerprint density at radius 2 is 1.32 bits per heavy atom. The maximum atomic E-state index is 14.5. The summed E-state index contributed by atoms with van der Waals surface area (Å²) in [5, 5.41) is 1.78. The molecule has 0 N–H and O–H groups in total. The quantitative estimate of drug-likeness (QED) is 0.610. The molecule has 0 aromatic heterocycles. The highest BCUT2D eigenvalue weighted by atomic mass is 31.2. The first-order chi connectivity index (χ1) is 12.0. The first-order valence-corrected chi connectivity index (χ1v) is 10.2. The van der Waals surface area contributed by atoms with Crippen LogP contribution >= 0.6 is 7.29 Å². The first kappa shape index (κ1) is 17.7. The molecule has 0 bridgehead atoms. The third-order valence-electron chi connectivity index (χ3n) is 4.83. The molecule has 3 heteroatoms. The average molecular weight is 349 g/mol. The highest BCUT2D eigenvalue weighted by Crippen LogP contribution is 2.51. The lowest BCUT2D eigenvalue weighted by Gasteiger charge is -2.34. The van der Waals surface area contributed by atoms with Gasteiger partial charge in [-0.1, -0.05) is 66.7 Å². The molecule has 3 rings (SSSR count). The van der Waals surface area contributed by atoms with E-state index in [0.29, 0.717) is 0 Å². The molecular formula is C22H24NOP. The van der Waals surface area contributed by atoms with Crippen LogP contribution in [0.25, 0.3) is 0 Å². The van der Waals surface area contributed by atoms with Crippen molar-refractivity contribution in [3.05, 3.63) is 96.1 Å². The van der Waals surface area contributed by atoms with Crippen molar-refractivity contribution < 1.29 is 4.57 Å². The lowest BCUT2D eigenvalue weighted by Crippen LogP contribution is -2.32. The Labute approximate surface area is 150 Å². The molecule has 128 valence electrons. The van der Waals surface area contributed by atoms with E-state index in [1.807, 2.05) is 91.4 Å². The molecule has 0 heterocycles. The van der Waals surface area contributed by atoms with Crippen molar-refractivity contribution in [2.24, 2.45) is 0 Å². The van der Waals surface area contributed by atoms with Crippen molar-refractivity contribution in [3.8, 4) is 0 Å². The molecule has 0 saturated heterocycles. The van der Waals surface area contributed by atoms with Gasteiger partial charge in [0.25, 0.3) is 0 Å². The number of nitrogens with zero attached hydrogens (tertiary/aromatic N) is 1. The Morgan fingerprint density at radius 3 is 1.92 bits per heavy atom. The summed E-state index contributed by atoms with van der Waals surface area (Å²) in [7, 11) is -0.971. The van der Waals surface area contributed by atoms with Crippen molar-refractivity contribution in [2.75, 3.05) is 7.05 Å². The van der Waals surface area contributed by atoms with Crippen LogP contribution in [0.1, 0.15) is 24.1 Å². The third kappa shape index (κ3) is 3.33. The second kappa shape index (κ2) is 7.39. The average Bonchev–Trinajstić information content (AvgIpc) is 2.68. The topological polar surface area (TPSA) is 20.3 Å². The number of rotatable bonds is 5. The van der Waals surface area contributed by atoms with Crippen molar-refractivity contribution in [3.63, 3.8) is 0 Å². The van der Waals surface area contributed by atoms with Gasteiger partial charge < -0.3 is 0 Å². The van der Waals surface area contributed by atoms with Gasteiger partial charge in [-0.3, -0.25) is 4.57 Å². The summed E-state index contributed by atoms with van der Waals surface area (Å²) in [6.07, 6.45) is 0. The van der Waals surface area contributed by atoms with Gasteiger partial charge in [-0.25, -0.2) is 4.67 Å². The van der Waals surface area contributed by atoms with E-state index >= 15 is 0 Å². The number of hydrogen-bond acceptors (Lipinski definition) is 1. The Morgan fingerprint density at radius 1 is 0.800 bits per heavy atom. The van der Waals surface area contributed by atoms with E-state index < -0.39 is 7.29 Å². The first-order valence-electron chi connectivity index (χ1n) is 8.55. The van der Waals surface area contributed by atoms with Crippen molar-refractivity contribution in [1.29, 1.82) is 0 Å². The maximum absolute atomic E-state index is 14.5. The molecule has 2 nitrogen and oxygen atoms in total. The van der Waals surface area contributed by atoms with Crippen LogP contribution in [0.4, 0.5) is 0 Å². The molecule has 0 amide bonds. The molecule has 0 aliphatic heterocycles. The molecule has 3 aromatic rings. The molecule has 0 aliphatic carbocycles. The van der Waals surface area contributed by atoms with Crippen molar-refractivity contribution >= 4 is 17.9 Å². The van der Waals surface area contributed by atoms with Gasteiger partial charge in [0, 0.05) is 16.7 Å². The number of aryl methyl sites for hydroxylation is 1. The third-order valence-corrected chi connectivity index (χ3v) is 8.22. The molecule has 1 unspecified atom stereocenters. The minimum absolute atomic E-state index is 0.0341. The van der Waals surface area contributed by atoms with Crippen LogP contribution < -0.4 is 10.6 Å². The molecule has 0 aliphatic rings. The Kier molecular flexibility index (Phi) is 5.22. The number of benzene rings is 3. The Balaban J connectivity index is 2.16. The fraction of sp³-hybridized carbons (Fsp3) is 0.182. The molecule has 3 aromatic carbocycles. The minimum atomic E-state index is -2.94. The lowest BCUT2D eigenvalue weighted by molar-refractivity contribution is 0.408. The van der Waals surface area contributed by atoms with E-state index in [0.717, 1.165) is 21.7 Å². The summed E-state index contributed by atoms with van der Waals surface area (Å²) in [6, 6.07) is 28.1. The van der Waals surface area contributed by atoms with Crippen LogP contribution in [0.3, 0.4) is 0 Å². The van der Waals surface area contributed by atoms with Gasteiger partial charge in [-0.15, -0.1) is 0 Å². The summed E-state index contributed by atoms with van der Waals surface area (Å²) in [6.45, 7) is 4.15. The zero-order valence-corrected chi connectivity index (χ0v) is 15.9. The van der Waals surface area contributed by atoms with E-state index in [-0.39, 0.29) is 6.04 Å². The lowest BCUT2D eigenvalue weighted by atomic mass is 10.1. The van der Waals surface area contributed by atoms with Crippen LogP contribution in [0.5, 0.6) is 0 Å². The van der Waals surface area contributed by atoms with Gasteiger partial charge in [0.1, 0.15) is 0 Å². The second-order valence-electron chi connectivity index (χ2n) is 6.36. The monoisotopic (exact) mass is 349 g/mol. The zero-order valence-electron chi connectivity index (χ0n) is 15.0. The Bertz CT molecular complexity index is 877. The largest absolute Gasteiger partial charge is 0.296 e. The van der Waals surface area contributed by atoms with E-state index in [2.05, 4.69) is 19.1 Å². The minimum Gasteiger partial charge on any atom is -0.296 e. The molecular weight excluding hydrogens is 325 g/mol. The predicted molar refractivity (Wildman–Crippen MR) is 107 cm³/mol. The number of hydrogen-bond donors (Lipinski definition) is 0. The molecule has 2 atom stereocenters. The second-order valence-corrected chi connectivity index (χ2v) is 9.14. The SMILES string of the molecule is Cc1ccccc1P(=O)(c1ccccc1)N(C)[C@H](C)c1ccccc1. The van der Waals surface area contributed by atoms with E-state index in [4.69, 9.17) is 0 Å². The molecule has 0 saturated carbocycles. The Hall–Kier alpha value is -2.15. The molecule has 25 heavy (non-hydrogen) atoms. The van der Waals surface area contributed by atoms with Gasteiger partial charge in [-0.2, -0.15) is 0 Å². The smallest absolute Gasteiger partial charge is 0.207 e. The van der Waals surface area contributed by atoms with E-state index in [1.165, 1.54) is 0 Å². The predicted octanol–water partition coefficient (Wildman–Crippen LogP) is 4.92. The summed E-state index contributed by atoms with van der Waals surface area (Å²) in [5.74, 6) is 0. The summed E-state index contributed by atoms with van der Waals surface area (Å²) in [4.78, 5) is 0. The molecule has 0 spiro atoms. The van der Waals surface area contributed by atoms with Crippen LogP contribution in [0.2, 0.25) is 0 Å². The van der Waals surface area contributed by atoms with Crippen molar-refractivity contribution in [1.82, 2.24) is 4.67 Å². The summed E-state index contributed by atoms with van der Waals surface area (Å²) >= 11 is 0. The van der Waals surface area contributed by atoms with E-state index in [1.54, 1.807) is 0 Å². The molecule has 0 fully saturated rings. The van der Waals surface area contributed by atoms with Crippen LogP contribution in [-0.2, 0) is 4.57 Å². The van der Waals surface area contributed by atoms with Gasteiger partial charge in [0.15, 0.2) is 0 Å². The molecule has 0 radical (unpaired) electrons. The highest BCUT2D eigenvalue weighted by Gasteiger charge is 2.36. The summed E-state index contributed by atoms with van der Waals surface area (Å²) in [5.41, 5.74) is 2.22. The fourth-order valence-corrected chi connectivity index (χ4v) is 6.24. The van der Waals surface area contributed by atoms with Crippen LogP contribution in [0, 0.1) is 6.92 Å². The van der Waals surface area contributed by atoms with Crippen LogP contribution in [0.15, 0.2) is 84.9 Å². The van der Waals surface area contributed by atoms with Crippen molar-refractivity contribution in [2.45, 2.75) is 19.9 Å². The van der Waals surface area contributed by atoms with Gasteiger partial charge in [0.05, 0.1) is 0 Å².